The summed E-state index contributed by atoms with van der Waals surface area (Å²) in [6.07, 6.45) is 8.60. The Morgan fingerprint density at radius 2 is 2.00 bits per heavy atom. The maximum absolute atomic E-state index is 2.66. The Labute approximate surface area is 69.1 Å². The molecule has 0 N–H and O–H groups in total. The van der Waals surface area contributed by atoms with Gasteiger partial charge in [0, 0.05) is 32.6 Å². The summed E-state index contributed by atoms with van der Waals surface area (Å²) in [5, 5.41) is 0. The lowest BCUT2D eigenvalue weighted by atomic mass is 9.94. The van der Waals surface area contributed by atoms with Crippen molar-refractivity contribution in [2.75, 3.05) is 6.54 Å². The van der Waals surface area contributed by atoms with Crippen molar-refractivity contribution in [1.29, 1.82) is 0 Å². The van der Waals surface area contributed by atoms with Crippen LogP contribution in [-0.4, -0.2) is 22.9 Å². The summed E-state index contributed by atoms with van der Waals surface area (Å²) in [6.45, 7) is 3.66. The van der Waals surface area contributed by atoms with Crippen LogP contribution in [0.2, 0.25) is 0 Å². The fraction of sp³-hybridized carbons (Fsp3) is 0.900. The van der Waals surface area contributed by atoms with Gasteiger partial charge in [0.15, 0.2) is 6.04 Å². The predicted octanol–water partition coefficient (Wildman–Crippen LogP) is 2.20. The quantitative estimate of drug-likeness (QED) is 0.468. The lowest BCUT2D eigenvalue weighted by molar-refractivity contribution is -0.582. The molecule has 1 unspecified atom stereocenters. The van der Waals surface area contributed by atoms with Gasteiger partial charge in [0.05, 0.1) is 0 Å². The first-order chi connectivity index (χ1) is 5.38. The van der Waals surface area contributed by atoms with Crippen LogP contribution in [0.25, 0.3) is 0 Å². The highest BCUT2D eigenvalue weighted by Crippen LogP contribution is 2.22. The second-order valence-corrected chi connectivity index (χ2v) is 3.97. The Bertz CT molecular complexity index is 181. The van der Waals surface area contributed by atoms with Gasteiger partial charge in [-0.05, 0) is 12.8 Å². The SMILES string of the molecule is CC1=[N+]2CCCCC2CCC1. The van der Waals surface area contributed by atoms with E-state index in [2.05, 4.69) is 11.5 Å². The zero-order valence-electron chi connectivity index (χ0n) is 7.47. The molecular formula is C10H18N+. The summed E-state index contributed by atoms with van der Waals surface area (Å²) in [4.78, 5) is 0. The molecule has 0 spiro atoms. The molecule has 0 bridgehead atoms. The van der Waals surface area contributed by atoms with Crippen LogP contribution in [0, 0.1) is 0 Å². The minimum Gasteiger partial charge on any atom is -0.235 e. The van der Waals surface area contributed by atoms with Gasteiger partial charge < -0.3 is 0 Å². The molecular weight excluding hydrogens is 134 g/mol. The molecule has 1 atom stereocenters. The van der Waals surface area contributed by atoms with Gasteiger partial charge in [-0.25, -0.2) is 4.58 Å². The molecule has 1 heteroatoms. The average Bonchev–Trinajstić information content (AvgIpc) is 2.06. The van der Waals surface area contributed by atoms with Crippen LogP contribution in [-0.2, 0) is 0 Å². The molecule has 0 amide bonds. The molecule has 0 aromatic rings. The highest BCUT2D eigenvalue weighted by atomic mass is 15.1. The predicted molar refractivity (Wildman–Crippen MR) is 47.3 cm³/mol. The van der Waals surface area contributed by atoms with Crippen molar-refractivity contribution in [1.82, 2.24) is 0 Å². The molecule has 2 aliphatic rings. The molecule has 0 aliphatic carbocycles. The summed E-state index contributed by atoms with van der Waals surface area (Å²) in [5.74, 6) is 0. The zero-order valence-corrected chi connectivity index (χ0v) is 7.47. The van der Waals surface area contributed by atoms with Gasteiger partial charge in [0.25, 0.3) is 0 Å². The molecule has 0 aromatic carbocycles. The van der Waals surface area contributed by atoms with Crippen LogP contribution >= 0.6 is 0 Å². The second kappa shape index (κ2) is 2.96. The minimum absolute atomic E-state index is 0.928. The van der Waals surface area contributed by atoms with Crippen LogP contribution in [0.3, 0.4) is 0 Å². The van der Waals surface area contributed by atoms with Crippen LogP contribution in [0.4, 0.5) is 0 Å². The van der Waals surface area contributed by atoms with E-state index < -0.39 is 0 Å². The number of hydrogen-bond donors (Lipinski definition) is 0. The zero-order chi connectivity index (χ0) is 7.68. The first-order valence-corrected chi connectivity index (χ1v) is 4.97. The molecule has 1 nitrogen and oxygen atoms in total. The third kappa shape index (κ3) is 1.33. The van der Waals surface area contributed by atoms with Crippen molar-refractivity contribution in [2.45, 2.75) is 51.5 Å². The van der Waals surface area contributed by atoms with Crippen molar-refractivity contribution < 1.29 is 4.58 Å². The third-order valence-corrected chi connectivity index (χ3v) is 3.19. The normalized spacial score (nSPS) is 31.9. The lowest BCUT2D eigenvalue weighted by Gasteiger charge is -2.25. The Hall–Kier alpha value is -0.330. The van der Waals surface area contributed by atoms with Crippen LogP contribution in [0.15, 0.2) is 0 Å². The molecule has 1 fully saturated rings. The van der Waals surface area contributed by atoms with E-state index in [9.17, 15) is 0 Å². The first-order valence-electron chi connectivity index (χ1n) is 4.97. The number of nitrogens with zero attached hydrogens (tertiary/aromatic N) is 1. The molecule has 1 saturated heterocycles. The summed E-state index contributed by atoms with van der Waals surface area (Å²) < 4.78 is 2.66. The monoisotopic (exact) mass is 152 g/mol. The van der Waals surface area contributed by atoms with Gasteiger partial charge in [-0.15, -0.1) is 0 Å². The highest BCUT2D eigenvalue weighted by Gasteiger charge is 2.29. The van der Waals surface area contributed by atoms with E-state index in [1.54, 1.807) is 5.71 Å². The van der Waals surface area contributed by atoms with E-state index >= 15 is 0 Å². The Morgan fingerprint density at radius 1 is 1.18 bits per heavy atom. The van der Waals surface area contributed by atoms with Crippen molar-refractivity contribution in [3.05, 3.63) is 0 Å². The average molecular weight is 152 g/mol. The number of piperidine rings is 1. The van der Waals surface area contributed by atoms with Crippen molar-refractivity contribution >= 4 is 5.71 Å². The third-order valence-electron chi connectivity index (χ3n) is 3.19. The van der Waals surface area contributed by atoms with E-state index in [1.807, 2.05) is 0 Å². The summed E-state index contributed by atoms with van der Waals surface area (Å²) in [6, 6.07) is 0.928. The van der Waals surface area contributed by atoms with Gasteiger partial charge in [0.1, 0.15) is 12.3 Å². The van der Waals surface area contributed by atoms with Gasteiger partial charge in [-0.3, -0.25) is 0 Å². The maximum Gasteiger partial charge on any atom is 0.152 e. The molecule has 62 valence electrons. The number of rotatable bonds is 0. The first kappa shape index (κ1) is 7.33. The Morgan fingerprint density at radius 3 is 2.82 bits per heavy atom. The van der Waals surface area contributed by atoms with E-state index in [4.69, 9.17) is 0 Å². The van der Waals surface area contributed by atoms with Gasteiger partial charge >= 0.3 is 0 Å². The van der Waals surface area contributed by atoms with Crippen LogP contribution in [0.1, 0.15) is 45.4 Å². The standard InChI is InChI=1S/C10H18N/c1-9-5-4-7-10-6-2-3-8-11(9)10/h10H,2-8H2,1H3/q+1. The van der Waals surface area contributed by atoms with Crippen LogP contribution < -0.4 is 0 Å². The smallest absolute Gasteiger partial charge is 0.152 e. The number of hydrogen-bond acceptors (Lipinski definition) is 0. The molecule has 0 aromatic heterocycles. The Balaban J connectivity index is 2.19. The fourth-order valence-electron chi connectivity index (χ4n) is 2.54. The van der Waals surface area contributed by atoms with Gasteiger partial charge in [0.2, 0.25) is 0 Å². The van der Waals surface area contributed by atoms with Crippen molar-refractivity contribution in [3.8, 4) is 0 Å². The molecule has 2 heterocycles. The van der Waals surface area contributed by atoms with Crippen molar-refractivity contribution in [3.63, 3.8) is 0 Å². The highest BCUT2D eigenvalue weighted by molar-refractivity contribution is 5.77. The molecule has 11 heavy (non-hydrogen) atoms. The van der Waals surface area contributed by atoms with E-state index in [1.165, 1.54) is 45.1 Å². The second-order valence-electron chi connectivity index (χ2n) is 3.97. The van der Waals surface area contributed by atoms with E-state index in [0.717, 1.165) is 6.04 Å². The van der Waals surface area contributed by atoms with E-state index in [-0.39, 0.29) is 0 Å². The molecule has 2 rings (SSSR count). The molecule has 2 aliphatic heterocycles. The van der Waals surface area contributed by atoms with Crippen molar-refractivity contribution in [2.24, 2.45) is 0 Å². The summed E-state index contributed by atoms with van der Waals surface area (Å²) in [5.41, 5.74) is 1.65. The Kier molecular flexibility index (Phi) is 1.97. The number of fused-ring (bicyclic) bond motifs is 1. The molecule has 0 saturated carbocycles. The summed E-state index contributed by atoms with van der Waals surface area (Å²) >= 11 is 0. The summed E-state index contributed by atoms with van der Waals surface area (Å²) in [7, 11) is 0. The topological polar surface area (TPSA) is 3.01 Å². The van der Waals surface area contributed by atoms with Gasteiger partial charge in [-0.2, -0.15) is 0 Å². The minimum atomic E-state index is 0.928. The van der Waals surface area contributed by atoms with Gasteiger partial charge in [-0.1, -0.05) is 0 Å². The van der Waals surface area contributed by atoms with Crippen LogP contribution in [0.5, 0.6) is 0 Å². The molecule has 0 radical (unpaired) electrons. The van der Waals surface area contributed by atoms with E-state index in [0.29, 0.717) is 0 Å². The largest absolute Gasteiger partial charge is 0.235 e. The lowest BCUT2D eigenvalue weighted by Crippen LogP contribution is -2.38. The maximum atomic E-state index is 2.66. The fourth-order valence-corrected chi connectivity index (χ4v) is 2.54.